The van der Waals surface area contributed by atoms with Crippen LogP contribution < -0.4 is 5.32 Å². The third-order valence-electron chi connectivity index (χ3n) is 4.56. The van der Waals surface area contributed by atoms with Crippen molar-refractivity contribution in [2.75, 3.05) is 13.1 Å². The minimum atomic E-state index is 0.352. The number of rotatable bonds is 5. The van der Waals surface area contributed by atoms with Crippen LogP contribution in [0.1, 0.15) is 31.0 Å². The fourth-order valence-electron chi connectivity index (χ4n) is 3.24. The molecule has 1 N–H and O–H groups in total. The molecule has 2 atom stereocenters. The molecule has 23 heavy (non-hydrogen) atoms. The lowest BCUT2D eigenvalue weighted by atomic mass is 10.00. The minimum Gasteiger partial charge on any atom is -0.382 e. The monoisotopic (exact) mass is 306 g/mol. The Morgan fingerprint density at radius 2 is 1.70 bits per heavy atom. The van der Waals surface area contributed by atoms with Gasteiger partial charge >= 0.3 is 0 Å². The van der Waals surface area contributed by atoms with E-state index in [1.54, 1.807) is 0 Å². The molecule has 0 aliphatic carbocycles. The normalized spacial score (nSPS) is 19.9. The van der Waals surface area contributed by atoms with Crippen LogP contribution in [0.4, 0.5) is 0 Å². The summed E-state index contributed by atoms with van der Waals surface area (Å²) in [6, 6.07) is 21.7. The lowest BCUT2D eigenvalue weighted by molar-refractivity contribution is 0.243. The molecule has 0 amide bonds. The van der Waals surface area contributed by atoms with Crippen LogP contribution in [0.15, 0.2) is 72.4 Å². The molecule has 0 aromatic heterocycles. The second-order valence-corrected chi connectivity index (χ2v) is 6.52. The van der Waals surface area contributed by atoms with Gasteiger partial charge in [-0.3, -0.25) is 4.90 Å². The number of hydrogen-bond acceptors (Lipinski definition) is 2. The molecule has 1 aliphatic rings. The Bertz CT molecular complexity index is 633. The van der Waals surface area contributed by atoms with Gasteiger partial charge in [-0.25, -0.2) is 0 Å². The predicted octanol–water partition coefficient (Wildman–Crippen LogP) is 4.37. The SMILES string of the molecule is CC1CN(Cc2ccccc2)CC=C1N[C@H](C)c1ccccc1. The smallest absolute Gasteiger partial charge is 0.0482 e. The van der Waals surface area contributed by atoms with Gasteiger partial charge in [0.05, 0.1) is 0 Å². The first-order chi connectivity index (χ1) is 11.2. The van der Waals surface area contributed by atoms with Crippen LogP contribution in [0.2, 0.25) is 0 Å². The standard InChI is InChI=1S/C21H26N2/c1-17-15-23(16-19-9-5-3-6-10-19)14-13-21(17)22-18(2)20-11-7-4-8-12-20/h3-13,17-18,22H,14-16H2,1-2H3/t17?,18-/m1/s1. The van der Waals surface area contributed by atoms with Gasteiger partial charge < -0.3 is 5.32 Å². The Hall–Kier alpha value is -2.06. The fourth-order valence-corrected chi connectivity index (χ4v) is 3.24. The highest BCUT2D eigenvalue weighted by molar-refractivity contribution is 5.21. The third kappa shape index (κ3) is 4.23. The summed E-state index contributed by atoms with van der Waals surface area (Å²) in [7, 11) is 0. The lowest BCUT2D eigenvalue weighted by Crippen LogP contribution is -2.37. The summed E-state index contributed by atoms with van der Waals surface area (Å²) in [6.45, 7) is 7.70. The van der Waals surface area contributed by atoms with Crippen molar-refractivity contribution in [3.63, 3.8) is 0 Å². The van der Waals surface area contributed by atoms with E-state index in [1.807, 2.05) is 0 Å². The molecule has 0 fully saturated rings. The highest BCUT2D eigenvalue weighted by Gasteiger charge is 2.20. The van der Waals surface area contributed by atoms with Crippen LogP contribution in [-0.2, 0) is 6.54 Å². The molecule has 120 valence electrons. The maximum Gasteiger partial charge on any atom is 0.0482 e. The molecule has 2 aromatic carbocycles. The molecule has 2 heteroatoms. The summed E-state index contributed by atoms with van der Waals surface area (Å²) >= 11 is 0. The average molecular weight is 306 g/mol. The van der Waals surface area contributed by atoms with Crippen molar-refractivity contribution >= 4 is 0 Å². The highest BCUT2D eigenvalue weighted by atomic mass is 15.1. The zero-order valence-corrected chi connectivity index (χ0v) is 14.1. The van der Waals surface area contributed by atoms with Gasteiger partial charge in [-0.2, -0.15) is 0 Å². The summed E-state index contributed by atoms with van der Waals surface area (Å²) in [5.74, 6) is 0.540. The Morgan fingerprint density at radius 1 is 1.04 bits per heavy atom. The topological polar surface area (TPSA) is 15.3 Å². The summed E-state index contributed by atoms with van der Waals surface area (Å²) < 4.78 is 0. The zero-order chi connectivity index (χ0) is 16.1. The number of hydrogen-bond donors (Lipinski definition) is 1. The van der Waals surface area contributed by atoms with Crippen molar-refractivity contribution in [1.82, 2.24) is 10.2 Å². The van der Waals surface area contributed by atoms with Gasteiger partial charge in [-0.15, -0.1) is 0 Å². The van der Waals surface area contributed by atoms with Gasteiger partial charge in [-0.1, -0.05) is 73.7 Å². The van der Waals surface area contributed by atoms with E-state index in [0.717, 1.165) is 19.6 Å². The summed E-state index contributed by atoms with van der Waals surface area (Å²) in [5.41, 5.74) is 4.11. The summed E-state index contributed by atoms with van der Waals surface area (Å²) in [5, 5.41) is 3.70. The first kappa shape index (κ1) is 15.8. The Labute approximate surface area is 139 Å². The number of benzene rings is 2. The second-order valence-electron chi connectivity index (χ2n) is 6.52. The fraction of sp³-hybridized carbons (Fsp3) is 0.333. The van der Waals surface area contributed by atoms with E-state index in [4.69, 9.17) is 0 Å². The first-order valence-electron chi connectivity index (χ1n) is 8.50. The molecule has 0 saturated carbocycles. The molecule has 1 aliphatic heterocycles. The molecule has 3 rings (SSSR count). The maximum atomic E-state index is 3.70. The Kier molecular flexibility index (Phi) is 5.14. The van der Waals surface area contributed by atoms with Crippen LogP contribution in [0.25, 0.3) is 0 Å². The van der Waals surface area contributed by atoms with Gasteiger partial charge in [0.1, 0.15) is 0 Å². The van der Waals surface area contributed by atoms with Crippen LogP contribution in [0, 0.1) is 5.92 Å². The minimum absolute atomic E-state index is 0.352. The Balaban J connectivity index is 1.60. The van der Waals surface area contributed by atoms with Crippen molar-refractivity contribution in [3.05, 3.63) is 83.6 Å². The molecule has 1 unspecified atom stereocenters. The molecule has 0 radical (unpaired) electrons. The first-order valence-corrected chi connectivity index (χ1v) is 8.50. The van der Waals surface area contributed by atoms with Crippen LogP contribution in [0.3, 0.4) is 0 Å². The van der Waals surface area contributed by atoms with Gasteiger partial charge in [0.25, 0.3) is 0 Å². The van der Waals surface area contributed by atoms with Crippen molar-refractivity contribution < 1.29 is 0 Å². The van der Waals surface area contributed by atoms with Crippen molar-refractivity contribution in [2.45, 2.75) is 26.4 Å². The quantitative estimate of drug-likeness (QED) is 0.882. The van der Waals surface area contributed by atoms with E-state index < -0.39 is 0 Å². The Morgan fingerprint density at radius 3 is 2.35 bits per heavy atom. The molecule has 2 aromatic rings. The average Bonchev–Trinajstić information content (AvgIpc) is 2.59. The van der Waals surface area contributed by atoms with E-state index >= 15 is 0 Å². The van der Waals surface area contributed by atoms with Crippen molar-refractivity contribution in [1.29, 1.82) is 0 Å². The van der Waals surface area contributed by atoms with E-state index in [0.29, 0.717) is 12.0 Å². The summed E-state index contributed by atoms with van der Waals surface area (Å²) in [4.78, 5) is 2.51. The van der Waals surface area contributed by atoms with E-state index in [2.05, 4.69) is 90.8 Å². The molecular formula is C21H26N2. The van der Waals surface area contributed by atoms with E-state index in [1.165, 1.54) is 16.8 Å². The number of nitrogens with one attached hydrogen (secondary N) is 1. The molecular weight excluding hydrogens is 280 g/mol. The van der Waals surface area contributed by atoms with Crippen molar-refractivity contribution in [2.24, 2.45) is 5.92 Å². The zero-order valence-electron chi connectivity index (χ0n) is 14.1. The van der Waals surface area contributed by atoms with Crippen LogP contribution in [-0.4, -0.2) is 18.0 Å². The van der Waals surface area contributed by atoms with Crippen LogP contribution >= 0.6 is 0 Å². The summed E-state index contributed by atoms with van der Waals surface area (Å²) in [6.07, 6.45) is 2.36. The largest absolute Gasteiger partial charge is 0.382 e. The molecule has 0 bridgehead atoms. The lowest BCUT2D eigenvalue weighted by Gasteiger charge is -2.33. The van der Waals surface area contributed by atoms with Crippen LogP contribution in [0.5, 0.6) is 0 Å². The van der Waals surface area contributed by atoms with Gasteiger partial charge in [0.15, 0.2) is 0 Å². The van der Waals surface area contributed by atoms with E-state index in [-0.39, 0.29) is 0 Å². The van der Waals surface area contributed by atoms with Crippen molar-refractivity contribution in [3.8, 4) is 0 Å². The molecule has 0 spiro atoms. The third-order valence-corrected chi connectivity index (χ3v) is 4.56. The van der Waals surface area contributed by atoms with Gasteiger partial charge in [0, 0.05) is 37.3 Å². The van der Waals surface area contributed by atoms with Gasteiger partial charge in [-0.05, 0) is 18.1 Å². The van der Waals surface area contributed by atoms with Gasteiger partial charge in [0.2, 0.25) is 0 Å². The predicted molar refractivity (Wildman–Crippen MR) is 97.0 cm³/mol. The second kappa shape index (κ2) is 7.47. The molecule has 2 nitrogen and oxygen atoms in total. The molecule has 0 saturated heterocycles. The maximum absolute atomic E-state index is 3.70. The number of nitrogens with zero attached hydrogens (tertiary/aromatic N) is 1. The molecule has 1 heterocycles. The van der Waals surface area contributed by atoms with E-state index in [9.17, 15) is 0 Å². The highest BCUT2D eigenvalue weighted by Crippen LogP contribution is 2.21.